The average molecular weight is 247 g/mol. The molecule has 0 amide bonds. The number of hydrogen-bond donors (Lipinski definition) is 3. The van der Waals surface area contributed by atoms with Crippen molar-refractivity contribution in [2.24, 2.45) is 0 Å². The Kier molecular flexibility index (Phi) is 4.20. The van der Waals surface area contributed by atoms with Crippen LogP contribution in [0.4, 0.5) is 5.69 Å². The highest BCUT2D eigenvalue weighted by molar-refractivity contribution is 5.97. The molecule has 3 N–H and O–H groups in total. The number of piperidine rings is 1. The van der Waals surface area contributed by atoms with E-state index in [1.807, 2.05) is 36.2 Å². The molecule has 1 aliphatic rings. The van der Waals surface area contributed by atoms with Crippen LogP contribution in [-0.2, 0) is 0 Å². The molecule has 1 unspecified atom stereocenters. The summed E-state index contributed by atoms with van der Waals surface area (Å²) in [5, 5.41) is 20.8. The fourth-order valence-electron chi connectivity index (χ4n) is 2.47. The van der Waals surface area contributed by atoms with Crippen molar-refractivity contribution in [3.05, 3.63) is 29.8 Å². The Labute approximate surface area is 108 Å². The van der Waals surface area contributed by atoms with Gasteiger partial charge in [-0.15, -0.1) is 0 Å². The standard InChI is InChI=1S/C14H21N3O/c1-16-12-6-4-5-11(9-12)14(15)17-8-3-2-7-13(17)10-18/h4-6,9,13,15-16,18H,2-3,7-8,10H2,1H3. The lowest BCUT2D eigenvalue weighted by molar-refractivity contribution is 0.147. The van der Waals surface area contributed by atoms with Crippen molar-refractivity contribution in [3.63, 3.8) is 0 Å². The molecule has 98 valence electrons. The van der Waals surface area contributed by atoms with Crippen LogP contribution in [0.5, 0.6) is 0 Å². The lowest BCUT2D eigenvalue weighted by Gasteiger charge is -2.36. The maximum atomic E-state index is 9.41. The van der Waals surface area contributed by atoms with Crippen LogP contribution in [0, 0.1) is 5.41 Å². The maximum Gasteiger partial charge on any atom is 0.128 e. The Bertz CT molecular complexity index is 419. The largest absolute Gasteiger partial charge is 0.394 e. The van der Waals surface area contributed by atoms with Gasteiger partial charge < -0.3 is 15.3 Å². The number of rotatable bonds is 3. The summed E-state index contributed by atoms with van der Waals surface area (Å²) in [5.74, 6) is 0.519. The van der Waals surface area contributed by atoms with E-state index in [2.05, 4.69) is 5.32 Å². The number of anilines is 1. The molecule has 1 aromatic rings. The van der Waals surface area contributed by atoms with E-state index in [-0.39, 0.29) is 12.6 Å². The molecular weight excluding hydrogens is 226 g/mol. The Morgan fingerprint density at radius 3 is 3.06 bits per heavy atom. The van der Waals surface area contributed by atoms with Crippen LogP contribution in [0.3, 0.4) is 0 Å². The van der Waals surface area contributed by atoms with E-state index in [1.165, 1.54) is 0 Å². The van der Waals surface area contributed by atoms with Crippen molar-refractivity contribution < 1.29 is 5.11 Å². The predicted molar refractivity (Wildman–Crippen MR) is 74.2 cm³/mol. The van der Waals surface area contributed by atoms with Gasteiger partial charge in [0.15, 0.2) is 0 Å². The van der Waals surface area contributed by atoms with Gasteiger partial charge in [0.05, 0.1) is 12.6 Å². The fourth-order valence-corrected chi connectivity index (χ4v) is 2.47. The zero-order valence-electron chi connectivity index (χ0n) is 10.8. The van der Waals surface area contributed by atoms with E-state index < -0.39 is 0 Å². The van der Waals surface area contributed by atoms with Gasteiger partial charge in [-0.1, -0.05) is 12.1 Å². The third-order valence-corrected chi connectivity index (χ3v) is 3.55. The molecule has 0 bridgehead atoms. The summed E-state index contributed by atoms with van der Waals surface area (Å²) in [6, 6.07) is 7.96. The van der Waals surface area contributed by atoms with E-state index in [0.717, 1.165) is 37.1 Å². The smallest absolute Gasteiger partial charge is 0.128 e. The minimum atomic E-state index is 0.101. The van der Waals surface area contributed by atoms with Crippen molar-refractivity contribution in [1.82, 2.24) is 4.90 Å². The van der Waals surface area contributed by atoms with Crippen LogP contribution in [0.1, 0.15) is 24.8 Å². The number of likely N-dealkylation sites (tertiary alicyclic amines) is 1. The number of amidine groups is 1. The van der Waals surface area contributed by atoms with Gasteiger partial charge in [0.2, 0.25) is 0 Å². The van der Waals surface area contributed by atoms with Gasteiger partial charge in [0, 0.05) is 24.8 Å². The highest BCUT2D eigenvalue weighted by Gasteiger charge is 2.24. The Hall–Kier alpha value is -1.55. The minimum Gasteiger partial charge on any atom is -0.394 e. The third kappa shape index (κ3) is 2.64. The van der Waals surface area contributed by atoms with E-state index in [9.17, 15) is 5.11 Å². The number of nitrogens with one attached hydrogen (secondary N) is 2. The number of nitrogens with zero attached hydrogens (tertiary/aromatic N) is 1. The molecular formula is C14H21N3O. The van der Waals surface area contributed by atoms with Gasteiger partial charge >= 0.3 is 0 Å². The zero-order chi connectivity index (χ0) is 13.0. The minimum absolute atomic E-state index is 0.101. The molecule has 1 atom stereocenters. The zero-order valence-corrected chi connectivity index (χ0v) is 10.8. The third-order valence-electron chi connectivity index (χ3n) is 3.55. The van der Waals surface area contributed by atoms with Gasteiger partial charge in [-0.3, -0.25) is 5.41 Å². The second kappa shape index (κ2) is 5.87. The van der Waals surface area contributed by atoms with Crippen molar-refractivity contribution in [1.29, 1.82) is 5.41 Å². The molecule has 0 aliphatic carbocycles. The number of aliphatic hydroxyl groups is 1. The molecule has 1 aromatic carbocycles. The van der Waals surface area contributed by atoms with Crippen LogP contribution >= 0.6 is 0 Å². The molecule has 0 radical (unpaired) electrons. The van der Waals surface area contributed by atoms with Gasteiger partial charge in [-0.05, 0) is 31.4 Å². The van der Waals surface area contributed by atoms with Crippen molar-refractivity contribution in [2.75, 3.05) is 25.5 Å². The van der Waals surface area contributed by atoms with Crippen LogP contribution in [0.25, 0.3) is 0 Å². The monoisotopic (exact) mass is 247 g/mol. The van der Waals surface area contributed by atoms with E-state index in [1.54, 1.807) is 0 Å². The van der Waals surface area contributed by atoms with Gasteiger partial charge in [0.1, 0.15) is 5.84 Å². The molecule has 18 heavy (non-hydrogen) atoms. The van der Waals surface area contributed by atoms with Gasteiger partial charge in [0.25, 0.3) is 0 Å². The highest BCUT2D eigenvalue weighted by atomic mass is 16.3. The fraction of sp³-hybridized carbons (Fsp3) is 0.500. The number of hydrogen-bond acceptors (Lipinski definition) is 3. The number of aliphatic hydroxyl groups excluding tert-OH is 1. The molecule has 0 spiro atoms. The summed E-state index contributed by atoms with van der Waals surface area (Å²) in [6.07, 6.45) is 3.22. The molecule has 1 aliphatic heterocycles. The normalized spacial score (nSPS) is 19.7. The quantitative estimate of drug-likeness (QED) is 0.565. The SMILES string of the molecule is CNc1cccc(C(=N)N2CCCCC2CO)c1. The van der Waals surface area contributed by atoms with Crippen molar-refractivity contribution >= 4 is 11.5 Å². The summed E-state index contributed by atoms with van der Waals surface area (Å²) in [6.45, 7) is 1.00. The first kappa shape index (κ1) is 12.9. The lowest BCUT2D eigenvalue weighted by atomic mass is 10.0. The summed E-state index contributed by atoms with van der Waals surface area (Å²) >= 11 is 0. The van der Waals surface area contributed by atoms with Crippen LogP contribution in [0.15, 0.2) is 24.3 Å². The van der Waals surface area contributed by atoms with E-state index >= 15 is 0 Å². The summed E-state index contributed by atoms with van der Waals surface area (Å²) in [5.41, 5.74) is 1.91. The Morgan fingerprint density at radius 2 is 2.33 bits per heavy atom. The molecule has 4 heteroatoms. The summed E-state index contributed by atoms with van der Waals surface area (Å²) in [4.78, 5) is 2.03. The van der Waals surface area contributed by atoms with Crippen LogP contribution in [0.2, 0.25) is 0 Å². The lowest BCUT2D eigenvalue weighted by Crippen LogP contribution is -2.45. The Morgan fingerprint density at radius 1 is 1.50 bits per heavy atom. The van der Waals surface area contributed by atoms with Gasteiger partial charge in [-0.2, -0.15) is 0 Å². The topological polar surface area (TPSA) is 59.4 Å². The van der Waals surface area contributed by atoms with Crippen molar-refractivity contribution in [2.45, 2.75) is 25.3 Å². The second-order valence-electron chi connectivity index (χ2n) is 4.70. The first-order valence-corrected chi connectivity index (χ1v) is 6.50. The summed E-state index contributed by atoms with van der Waals surface area (Å²) < 4.78 is 0. The van der Waals surface area contributed by atoms with E-state index in [4.69, 9.17) is 5.41 Å². The molecule has 1 heterocycles. The molecule has 0 saturated carbocycles. The first-order valence-electron chi connectivity index (χ1n) is 6.50. The maximum absolute atomic E-state index is 9.41. The molecule has 1 fully saturated rings. The van der Waals surface area contributed by atoms with Crippen LogP contribution < -0.4 is 5.32 Å². The van der Waals surface area contributed by atoms with Gasteiger partial charge in [-0.25, -0.2) is 0 Å². The molecule has 0 aromatic heterocycles. The first-order chi connectivity index (χ1) is 8.76. The molecule has 4 nitrogen and oxygen atoms in total. The predicted octanol–water partition coefficient (Wildman–Crippen LogP) is 1.90. The van der Waals surface area contributed by atoms with Crippen LogP contribution in [-0.4, -0.2) is 42.1 Å². The van der Waals surface area contributed by atoms with Crippen molar-refractivity contribution in [3.8, 4) is 0 Å². The molecule has 2 rings (SSSR count). The molecule has 1 saturated heterocycles. The summed E-state index contributed by atoms with van der Waals surface area (Å²) in [7, 11) is 1.88. The number of benzene rings is 1. The Balaban J connectivity index is 2.18. The highest BCUT2D eigenvalue weighted by Crippen LogP contribution is 2.20. The van der Waals surface area contributed by atoms with E-state index in [0.29, 0.717) is 5.84 Å². The second-order valence-corrected chi connectivity index (χ2v) is 4.70. The average Bonchev–Trinajstić information content (AvgIpc) is 2.46.